The third-order valence-corrected chi connectivity index (χ3v) is 4.43. The maximum absolute atomic E-state index is 3.52. The van der Waals surface area contributed by atoms with Crippen molar-refractivity contribution in [2.45, 2.75) is 38.8 Å². The number of rotatable bonds is 6. The van der Waals surface area contributed by atoms with E-state index in [9.17, 15) is 0 Å². The van der Waals surface area contributed by atoms with Crippen LogP contribution < -0.4 is 5.32 Å². The molecular formula is C12H26N2S. The van der Waals surface area contributed by atoms with Crippen molar-refractivity contribution in [2.75, 3.05) is 32.1 Å². The lowest BCUT2D eigenvalue weighted by atomic mass is 9.98. The summed E-state index contributed by atoms with van der Waals surface area (Å²) in [5.41, 5.74) is 0. The fourth-order valence-corrected chi connectivity index (χ4v) is 3.01. The highest BCUT2D eigenvalue weighted by molar-refractivity contribution is 7.98. The lowest BCUT2D eigenvalue weighted by molar-refractivity contribution is 0.156. The van der Waals surface area contributed by atoms with Gasteiger partial charge in [-0.05, 0) is 44.9 Å². The van der Waals surface area contributed by atoms with Crippen molar-refractivity contribution in [3.63, 3.8) is 0 Å². The minimum Gasteiger partial charge on any atom is -0.315 e. The third kappa shape index (κ3) is 3.65. The van der Waals surface area contributed by atoms with Crippen molar-refractivity contribution in [3.8, 4) is 0 Å². The summed E-state index contributed by atoms with van der Waals surface area (Å²) in [5.74, 6) is 2.13. The second-order valence-corrected chi connectivity index (χ2v) is 5.68. The molecule has 1 N–H and O–H groups in total. The zero-order chi connectivity index (χ0) is 11.3. The first-order chi connectivity index (χ1) is 7.20. The lowest BCUT2D eigenvalue weighted by Gasteiger charge is -2.33. The van der Waals surface area contributed by atoms with Gasteiger partial charge in [0.05, 0.1) is 0 Å². The van der Waals surface area contributed by atoms with Crippen molar-refractivity contribution in [1.29, 1.82) is 0 Å². The van der Waals surface area contributed by atoms with Gasteiger partial charge >= 0.3 is 0 Å². The number of likely N-dealkylation sites (N-methyl/N-ethyl adjacent to an activating group) is 1. The van der Waals surface area contributed by atoms with Gasteiger partial charge in [-0.25, -0.2) is 0 Å². The van der Waals surface area contributed by atoms with Gasteiger partial charge in [-0.2, -0.15) is 11.8 Å². The minimum absolute atomic E-state index is 0.719. The van der Waals surface area contributed by atoms with E-state index in [4.69, 9.17) is 0 Å². The molecule has 0 saturated carbocycles. The maximum Gasteiger partial charge on any atom is 0.0260 e. The summed E-state index contributed by atoms with van der Waals surface area (Å²) in [5, 5.41) is 3.52. The molecule has 0 aliphatic carbocycles. The fraction of sp³-hybridized carbons (Fsp3) is 1.00. The second kappa shape index (κ2) is 6.77. The van der Waals surface area contributed by atoms with Crippen molar-refractivity contribution in [3.05, 3.63) is 0 Å². The lowest BCUT2D eigenvalue weighted by Crippen LogP contribution is -2.43. The van der Waals surface area contributed by atoms with E-state index in [1.165, 1.54) is 31.7 Å². The molecular weight excluding hydrogens is 204 g/mol. The Bertz CT molecular complexity index is 175. The summed E-state index contributed by atoms with van der Waals surface area (Å²) in [6, 6.07) is 1.48. The molecule has 1 aliphatic rings. The highest BCUT2D eigenvalue weighted by Crippen LogP contribution is 2.21. The minimum atomic E-state index is 0.719. The molecule has 90 valence electrons. The molecule has 1 aliphatic heterocycles. The zero-order valence-electron chi connectivity index (χ0n) is 10.6. The predicted octanol–water partition coefficient (Wildman–Crippen LogP) is 2.06. The van der Waals surface area contributed by atoms with Crippen LogP contribution in [0.1, 0.15) is 26.7 Å². The van der Waals surface area contributed by atoms with Crippen LogP contribution in [0.4, 0.5) is 0 Å². The van der Waals surface area contributed by atoms with E-state index < -0.39 is 0 Å². The van der Waals surface area contributed by atoms with Gasteiger partial charge in [-0.3, -0.25) is 4.90 Å². The van der Waals surface area contributed by atoms with Gasteiger partial charge in [-0.1, -0.05) is 13.3 Å². The summed E-state index contributed by atoms with van der Waals surface area (Å²) in [6.45, 7) is 7.06. The molecule has 3 unspecified atom stereocenters. The number of nitrogens with one attached hydrogen (secondary N) is 1. The Morgan fingerprint density at radius 3 is 2.80 bits per heavy atom. The largest absolute Gasteiger partial charge is 0.315 e. The Hall–Kier alpha value is 0.270. The van der Waals surface area contributed by atoms with Gasteiger partial charge in [0.15, 0.2) is 0 Å². The Labute approximate surface area is 99.2 Å². The molecule has 1 heterocycles. The molecule has 0 amide bonds. The Morgan fingerprint density at radius 2 is 2.20 bits per heavy atom. The first kappa shape index (κ1) is 13.3. The predicted molar refractivity (Wildman–Crippen MR) is 70.7 cm³/mol. The number of hydrogen-bond acceptors (Lipinski definition) is 3. The van der Waals surface area contributed by atoms with Crippen molar-refractivity contribution in [1.82, 2.24) is 10.2 Å². The van der Waals surface area contributed by atoms with E-state index in [1.807, 2.05) is 11.8 Å². The summed E-state index contributed by atoms with van der Waals surface area (Å²) >= 11 is 1.95. The monoisotopic (exact) mass is 230 g/mol. The van der Waals surface area contributed by atoms with E-state index in [0.29, 0.717) is 0 Å². The molecule has 0 aromatic rings. The fourth-order valence-electron chi connectivity index (χ4n) is 2.43. The van der Waals surface area contributed by atoms with E-state index >= 15 is 0 Å². The molecule has 2 nitrogen and oxygen atoms in total. The summed E-state index contributed by atoms with van der Waals surface area (Å²) in [4.78, 5) is 2.59. The Kier molecular flexibility index (Phi) is 6.02. The van der Waals surface area contributed by atoms with Gasteiger partial charge in [0.2, 0.25) is 0 Å². The van der Waals surface area contributed by atoms with Crippen molar-refractivity contribution >= 4 is 11.8 Å². The molecule has 1 rings (SSSR count). The number of nitrogens with zero attached hydrogens (tertiary/aromatic N) is 1. The van der Waals surface area contributed by atoms with Crippen LogP contribution in [0, 0.1) is 5.92 Å². The van der Waals surface area contributed by atoms with E-state index in [2.05, 4.69) is 37.4 Å². The molecule has 3 atom stereocenters. The van der Waals surface area contributed by atoms with Crippen LogP contribution in [0.15, 0.2) is 0 Å². The normalized spacial score (nSPS) is 28.6. The van der Waals surface area contributed by atoms with Crippen molar-refractivity contribution in [2.24, 2.45) is 5.92 Å². The molecule has 0 bridgehead atoms. The third-order valence-electron chi connectivity index (χ3n) is 3.79. The SMILES string of the molecule is CCC1CNCC1N(C)C(C)CCSC. The molecule has 3 heteroatoms. The van der Waals surface area contributed by atoms with Crippen LogP contribution in [0.5, 0.6) is 0 Å². The Balaban J connectivity index is 2.40. The molecule has 0 aromatic carbocycles. The highest BCUT2D eigenvalue weighted by atomic mass is 32.2. The smallest absolute Gasteiger partial charge is 0.0260 e. The molecule has 0 spiro atoms. The van der Waals surface area contributed by atoms with Crippen LogP contribution in [-0.4, -0.2) is 49.1 Å². The van der Waals surface area contributed by atoms with Gasteiger partial charge < -0.3 is 5.32 Å². The zero-order valence-corrected chi connectivity index (χ0v) is 11.4. The Morgan fingerprint density at radius 1 is 1.47 bits per heavy atom. The first-order valence-electron chi connectivity index (χ1n) is 6.12. The highest BCUT2D eigenvalue weighted by Gasteiger charge is 2.30. The maximum atomic E-state index is 3.52. The molecule has 0 radical (unpaired) electrons. The molecule has 0 aromatic heterocycles. The van der Waals surface area contributed by atoms with E-state index in [0.717, 1.165) is 18.0 Å². The van der Waals surface area contributed by atoms with Crippen LogP contribution in [0.25, 0.3) is 0 Å². The topological polar surface area (TPSA) is 15.3 Å². The first-order valence-corrected chi connectivity index (χ1v) is 7.51. The summed E-state index contributed by atoms with van der Waals surface area (Å²) in [6.07, 6.45) is 4.81. The number of hydrogen-bond donors (Lipinski definition) is 1. The quantitative estimate of drug-likeness (QED) is 0.752. The summed E-state index contributed by atoms with van der Waals surface area (Å²) < 4.78 is 0. The summed E-state index contributed by atoms with van der Waals surface area (Å²) in [7, 11) is 2.30. The van der Waals surface area contributed by atoms with Crippen LogP contribution >= 0.6 is 11.8 Å². The van der Waals surface area contributed by atoms with Crippen LogP contribution in [0.2, 0.25) is 0 Å². The number of thioether (sulfide) groups is 1. The van der Waals surface area contributed by atoms with Crippen LogP contribution in [0.3, 0.4) is 0 Å². The van der Waals surface area contributed by atoms with Crippen molar-refractivity contribution < 1.29 is 0 Å². The van der Waals surface area contributed by atoms with Gasteiger partial charge in [-0.15, -0.1) is 0 Å². The average Bonchev–Trinajstić information content (AvgIpc) is 2.72. The van der Waals surface area contributed by atoms with Gasteiger partial charge in [0, 0.05) is 18.6 Å². The van der Waals surface area contributed by atoms with Gasteiger partial charge in [0.1, 0.15) is 0 Å². The van der Waals surface area contributed by atoms with E-state index in [-0.39, 0.29) is 0 Å². The standard InChI is InChI=1S/C12H26N2S/c1-5-11-8-13-9-12(11)14(3)10(2)6-7-15-4/h10-13H,5-9H2,1-4H3. The average molecular weight is 230 g/mol. The van der Waals surface area contributed by atoms with E-state index in [1.54, 1.807) is 0 Å². The molecule has 1 saturated heterocycles. The second-order valence-electron chi connectivity index (χ2n) is 4.69. The van der Waals surface area contributed by atoms with Gasteiger partial charge in [0.25, 0.3) is 0 Å². The molecule has 1 fully saturated rings. The van der Waals surface area contributed by atoms with Crippen LogP contribution in [-0.2, 0) is 0 Å². The molecule has 15 heavy (non-hydrogen) atoms.